The molecule has 0 saturated carbocycles. The lowest BCUT2D eigenvalue weighted by molar-refractivity contribution is 0.0254. The first-order valence-electron chi connectivity index (χ1n) is 11.2. The van der Waals surface area contributed by atoms with E-state index in [1.54, 1.807) is 36.4 Å². The predicted molar refractivity (Wildman–Crippen MR) is 127 cm³/mol. The molecule has 34 heavy (non-hydrogen) atoms. The number of aromatic nitrogens is 3. The van der Waals surface area contributed by atoms with Crippen molar-refractivity contribution in [1.29, 1.82) is 5.26 Å². The predicted octanol–water partition coefficient (Wildman–Crippen LogP) is 3.85. The number of benzene rings is 2. The van der Waals surface area contributed by atoms with Gasteiger partial charge in [-0.2, -0.15) is 10.2 Å². The normalized spacial score (nSPS) is 13.8. The number of nitrogens with zero attached hydrogens (tertiary/aromatic N) is 4. The minimum atomic E-state index is -0.124. The summed E-state index contributed by atoms with van der Waals surface area (Å²) in [6.07, 6.45) is 3.06. The number of anilines is 2. The number of rotatable bonds is 7. The third-order valence-corrected chi connectivity index (χ3v) is 5.22. The lowest BCUT2D eigenvalue weighted by Gasteiger charge is -2.23. The SMILES string of the molecule is CC(C)NC(=O)c1ccc(Nc2ncnc(-c3ccc(OC4CCOCC4)c(C#N)c3)n2)cc1. The zero-order valence-corrected chi connectivity index (χ0v) is 19.1. The Balaban J connectivity index is 1.48. The highest BCUT2D eigenvalue weighted by Gasteiger charge is 2.18. The van der Waals surface area contributed by atoms with Gasteiger partial charge in [-0.25, -0.2) is 9.97 Å². The fourth-order valence-corrected chi connectivity index (χ4v) is 3.51. The van der Waals surface area contributed by atoms with Crippen molar-refractivity contribution in [2.45, 2.75) is 38.8 Å². The Hall–Kier alpha value is -4.03. The first-order valence-corrected chi connectivity index (χ1v) is 11.2. The second-order valence-electron chi connectivity index (χ2n) is 8.22. The lowest BCUT2D eigenvalue weighted by Crippen LogP contribution is -2.29. The van der Waals surface area contributed by atoms with Crippen LogP contribution in [0.2, 0.25) is 0 Å². The molecule has 0 radical (unpaired) electrons. The third-order valence-electron chi connectivity index (χ3n) is 5.22. The number of carbonyl (C=O) groups is 1. The second-order valence-corrected chi connectivity index (χ2v) is 8.22. The summed E-state index contributed by atoms with van der Waals surface area (Å²) in [5, 5.41) is 15.6. The number of hydrogen-bond donors (Lipinski definition) is 2. The number of amides is 1. The standard InChI is InChI=1S/C25H26N6O3/c1-16(2)29-24(32)17-3-6-20(7-4-17)30-25-28-15-27-23(31-25)18-5-8-22(19(13-18)14-26)34-21-9-11-33-12-10-21/h3-8,13,15-16,21H,9-12H2,1-2H3,(H,29,32)(H,27,28,30,31). The third kappa shape index (κ3) is 5.85. The molecule has 1 aliphatic rings. The van der Waals surface area contributed by atoms with Crippen molar-refractivity contribution in [1.82, 2.24) is 20.3 Å². The van der Waals surface area contributed by atoms with Gasteiger partial charge in [-0.05, 0) is 56.3 Å². The zero-order chi connectivity index (χ0) is 23.9. The molecule has 1 aromatic heterocycles. The van der Waals surface area contributed by atoms with Crippen LogP contribution in [0.15, 0.2) is 48.8 Å². The molecule has 1 amide bonds. The van der Waals surface area contributed by atoms with Crippen LogP contribution in [-0.2, 0) is 4.74 Å². The average molecular weight is 459 g/mol. The van der Waals surface area contributed by atoms with Crippen LogP contribution in [0, 0.1) is 11.3 Å². The first kappa shape index (κ1) is 23.1. The van der Waals surface area contributed by atoms with Crippen molar-refractivity contribution >= 4 is 17.5 Å². The van der Waals surface area contributed by atoms with E-state index in [0.29, 0.717) is 47.4 Å². The molecule has 0 bridgehead atoms. The van der Waals surface area contributed by atoms with Gasteiger partial charge in [0.2, 0.25) is 5.95 Å². The zero-order valence-electron chi connectivity index (χ0n) is 19.1. The van der Waals surface area contributed by atoms with Gasteiger partial charge in [0, 0.05) is 35.7 Å². The molecule has 9 heteroatoms. The smallest absolute Gasteiger partial charge is 0.251 e. The minimum Gasteiger partial charge on any atom is -0.489 e. The van der Waals surface area contributed by atoms with E-state index in [2.05, 4.69) is 31.7 Å². The van der Waals surface area contributed by atoms with E-state index in [9.17, 15) is 10.1 Å². The quantitative estimate of drug-likeness (QED) is 0.547. The maximum atomic E-state index is 12.1. The summed E-state index contributed by atoms with van der Waals surface area (Å²) in [6, 6.07) is 14.6. The Kier molecular flexibility index (Phi) is 7.30. The molecular formula is C25H26N6O3. The van der Waals surface area contributed by atoms with Gasteiger partial charge in [0.1, 0.15) is 24.3 Å². The Morgan fingerprint density at radius 3 is 2.62 bits per heavy atom. The van der Waals surface area contributed by atoms with Gasteiger partial charge in [-0.3, -0.25) is 4.79 Å². The number of ether oxygens (including phenoxy) is 2. The van der Waals surface area contributed by atoms with Crippen molar-refractivity contribution in [2.24, 2.45) is 0 Å². The van der Waals surface area contributed by atoms with Gasteiger partial charge in [0.25, 0.3) is 5.91 Å². The fraction of sp³-hybridized carbons (Fsp3) is 0.320. The number of hydrogen-bond acceptors (Lipinski definition) is 8. The molecule has 1 aliphatic heterocycles. The van der Waals surface area contributed by atoms with E-state index in [0.717, 1.165) is 18.5 Å². The van der Waals surface area contributed by atoms with E-state index in [1.165, 1.54) is 6.33 Å². The fourth-order valence-electron chi connectivity index (χ4n) is 3.51. The number of carbonyl (C=O) groups excluding carboxylic acids is 1. The van der Waals surface area contributed by atoms with E-state index in [-0.39, 0.29) is 18.1 Å². The molecule has 1 fully saturated rings. The molecule has 174 valence electrons. The van der Waals surface area contributed by atoms with Crippen LogP contribution in [-0.4, -0.2) is 46.2 Å². The van der Waals surface area contributed by atoms with Crippen LogP contribution < -0.4 is 15.4 Å². The highest BCUT2D eigenvalue weighted by Crippen LogP contribution is 2.27. The average Bonchev–Trinajstić information content (AvgIpc) is 2.85. The molecule has 9 nitrogen and oxygen atoms in total. The Labute approximate surface area is 198 Å². The maximum Gasteiger partial charge on any atom is 0.251 e. The summed E-state index contributed by atoms with van der Waals surface area (Å²) in [6.45, 7) is 5.16. The van der Waals surface area contributed by atoms with E-state index < -0.39 is 0 Å². The molecule has 0 aliphatic carbocycles. The van der Waals surface area contributed by atoms with Crippen LogP contribution in [0.5, 0.6) is 5.75 Å². The Morgan fingerprint density at radius 1 is 1.15 bits per heavy atom. The summed E-state index contributed by atoms with van der Waals surface area (Å²) in [7, 11) is 0. The maximum absolute atomic E-state index is 12.1. The van der Waals surface area contributed by atoms with Gasteiger partial charge in [-0.1, -0.05) is 0 Å². The summed E-state index contributed by atoms with van der Waals surface area (Å²) < 4.78 is 11.4. The molecule has 0 atom stereocenters. The summed E-state index contributed by atoms with van der Waals surface area (Å²) in [4.78, 5) is 25.0. The molecule has 2 N–H and O–H groups in total. The molecule has 0 spiro atoms. The van der Waals surface area contributed by atoms with Crippen LogP contribution in [0.3, 0.4) is 0 Å². The van der Waals surface area contributed by atoms with Crippen molar-refractivity contribution in [3.8, 4) is 23.2 Å². The van der Waals surface area contributed by atoms with Crippen molar-refractivity contribution in [3.63, 3.8) is 0 Å². The second kappa shape index (κ2) is 10.7. The van der Waals surface area contributed by atoms with Gasteiger partial charge in [0.15, 0.2) is 5.82 Å². The Morgan fingerprint density at radius 2 is 1.91 bits per heavy atom. The monoisotopic (exact) mass is 458 g/mol. The van der Waals surface area contributed by atoms with E-state index in [1.807, 2.05) is 19.9 Å². The lowest BCUT2D eigenvalue weighted by atomic mass is 10.1. The molecule has 0 unspecified atom stereocenters. The number of nitriles is 1. The highest BCUT2D eigenvalue weighted by molar-refractivity contribution is 5.94. The van der Waals surface area contributed by atoms with Crippen molar-refractivity contribution in [3.05, 3.63) is 59.9 Å². The molecular weight excluding hydrogens is 432 g/mol. The first-order chi connectivity index (χ1) is 16.5. The summed E-state index contributed by atoms with van der Waals surface area (Å²) >= 11 is 0. The number of nitrogens with one attached hydrogen (secondary N) is 2. The van der Waals surface area contributed by atoms with Gasteiger partial charge in [-0.15, -0.1) is 0 Å². The summed E-state index contributed by atoms with van der Waals surface area (Å²) in [5.74, 6) is 1.21. The highest BCUT2D eigenvalue weighted by atomic mass is 16.5. The minimum absolute atomic E-state index is 0.0440. The molecule has 1 saturated heterocycles. The molecule has 2 heterocycles. The van der Waals surface area contributed by atoms with Crippen LogP contribution in [0.25, 0.3) is 11.4 Å². The largest absolute Gasteiger partial charge is 0.489 e. The van der Waals surface area contributed by atoms with Gasteiger partial charge < -0.3 is 20.1 Å². The van der Waals surface area contributed by atoms with Crippen LogP contribution >= 0.6 is 0 Å². The Bertz CT molecular complexity index is 1180. The molecule has 2 aromatic carbocycles. The topological polar surface area (TPSA) is 122 Å². The molecule has 3 aromatic rings. The van der Waals surface area contributed by atoms with Gasteiger partial charge in [0.05, 0.1) is 18.8 Å². The van der Waals surface area contributed by atoms with Crippen molar-refractivity contribution in [2.75, 3.05) is 18.5 Å². The van der Waals surface area contributed by atoms with E-state index >= 15 is 0 Å². The van der Waals surface area contributed by atoms with Crippen LogP contribution in [0.4, 0.5) is 11.6 Å². The summed E-state index contributed by atoms with van der Waals surface area (Å²) in [5.41, 5.74) is 2.41. The van der Waals surface area contributed by atoms with Crippen LogP contribution in [0.1, 0.15) is 42.6 Å². The van der Waals surface area contributed by atoms with E-state index in [4.69, 9.17) is 9.47 Å². The van der Waals surface area contributed by atoms with Crippen molar-refractivity contribution < 1.29 is 14.3 Å². The van der Waals surface area contributed by atoms with Gasteiger partial charge >= 0.3 is 0 Å². The molecule has 4 rings (SSSR count).